The first-order valence-corrected chi connectivity index (χ1v) is 11.5. The molecule has 0 saturated carbocycles. The molecule has 1 amide bonds. The van der Waals surface area contributed by atoms with E-state index in [0.29, 0.717) is 0 Å². The highest BCUT2D eigenvalue weighted by molar-refractivity contribution is 8.00. The molecule has 0 aliphatic rings. The molecule has 1 aromatic heterocycles. The molecule has 8 heteroatoms. The zero-order valence-electron chi connectivity index (χ0n) is 18.5. The molecule has 34 heavy (non-hydrogen) atoms. The molecule has 4 rings (SSSR count). The highest BCUT2D eigenvalue weighted by Crippen LogP contribution is 2.37. The van der Waals surface area contributed by atoms with Crippen LogP contribution in [0, 0.1) is 0 Å². The van der Waals surface area contributed by atoms with Crippen LogP contribution in [0.4, 0.5) is 11.5 Å². The number of nitrogens with two attached hydrogens (primary N) is 1. The first-order valence-electron chi connectivity index (χ1n) is 10.7. The SMILES string of the molecule is CN(C(=O)[C@H](Sc1ccccc1)c1ccccc1)c1c(N)n(Cc2ccccc2)c(=O)[nH]c1=O. The van der Waals surface area contributed by atoms with Crippen molar-refractivity contribution in [3.05, 3.63) is 123 Å². The highest BCUT2D eigenvalue weighted by Gasteiger charge is 2.29. The van der Waals surface area contributed by atoms with Gasteiger partial charge in [-0.15, -0.1) is 11.8 Å². The summed E-state index contributed by atoms with van der Waals surface area (Å²) in [4.78, 5) is 43.5. The molecular formula is C26H24N4O3S. The van der Waals surface area contributed by atoms with Gasteiger partial charge in [0.1, 0.15) is 11.1 Å². The van der Waals surface area contributed by atoms with E-state index in [1.54, 1.807) is 0 Å². The second-order valence-corrected chi connectivity index (χ2v) is 8.86. The van der Waals surface area contributed by atoms with Gasteiger partial charge in [0.25, 0.3) is 5.56 Å². The van der Waals surface area contributed by atoms with Gasteiger partial charge in [0, 0.05) is 11.9 Å². The fourth-order valence-corrected chi connectivity index (χ4v) is 4.77. The van der Waals surface area contributed by atoms with E-state index in [1.807, 2.05) is 91.0 Å². The van der Waals surface area contributed by atoms with Crippen LogP contribution in [0.5, 0.6) is 0 Å². The maximum atomic E-state index is 13.7. The lowest BCUT2D eigenvalue weighted by Gasteiger charge is -2.25. The van der Waals surface area contributed by atoms with E-state index in [-0.39, 0.29) is 24.0 Å². The first-order chi connectivity index (χ1) is 16.5. The summed E-state index contributed by atoms with van der Waals surface area (Å²) in [5.41, 5.74) is 6.54. The molecule has 4 aromatic rings. The lowest BCUT2D eigenvalue weighted by molar-refractivity contribution is -0.117. The fourth-order valence-electron chi connectivity index (χ4n) is 3.63. The molecule has 0 spiro atoms. The van der Waals surface area contributed by atoms with Crippen molar-refractivity contribution in [3.63, 3.8) is 0 Å². The Morgan fingerprint density at radius 1 is 0.941 bits per heavy atom. The number of hydrogen-bond acceptors (Lipinski definition) is 5. The Balaban J connectivity index is 1.73. The standard InChI is InChI=1S/C26H24N4O3S/c1-29(21-23(27)30(26(33)28-24(21)31)17-18-11-5-2-6-12-18)25(32)22(19-13-7-3-8-14-19)34-20-15-9-4-10-16-20/h2-16,22H,17,27H2,1H3,(H,28,31,33)/t22-/m1/s1. The van der Waals surface area contributed by atoms with Crippen LogP contribution in [0.25, 0.3) is 0 Å². The number of aromatic nitrogens is 2. The molecule has 3 N–H and O–H groups in total. The second-order valence-electron chi connectivity index (χ2n) is 7.68. The first kappa shape index (κ1) is 23.1. The second kappa shape index (κ2) is 10.3. The van der Waals surface area contributed by atoms with E-state index < -0.39 is 16.5 Å². The number of carbonyl (C=O) groups excluding carboxylic acids is 1. The number of benzene rings is 3. The summed E-state index contributed by atoms with van der Waals surface area (Å²) in [7, 11) is 1.50. The third-order valence-corrected chi connectivity index (χ3v) is 6.64. The van der Waals surface area contributed by atoms with Gasteiger partial charge in [0.05, 0.1) is 6.54 Å². The van der Waals surface area contributed by atoms with E-state index in [2.05, 4.69) is 4.98 Å². The molecule has 0 radical (unpaired) electrons. The monoisotopic (exact) mass is 472 g/mol. The molecule has 0 fully saturated rings. The van der Waals surface area contributed by atoms with Gasteiger partial charge in [-0.05, 0) is 23.3 Å². The maximum Gasteiger partial charge on any atom is 0.330 e. The zero-order valence-corrected chi connectivity index (χ0v) is 19.4. The van der Waals surface area contributed by atoms with E-state index in [9.17, 15) is 14.4 Å². The molecule has 7 nitrogen and oxygen atoms in total. The minimum atomic E-state index is -0.709. The van der Waals surface area contributed by atoms with Gasteiger partial charge in [0.2, 0.25) is 5.91 Å². The van der Waals surface area contributed by atoms with Gasteiger partial charge in [-0.25, -0.2) is 4.79 Å². The predicted octanol–water partition coefficient (Wildman–Crippen LogP) is 3.66. The molecule has 0 aliphatic carbocycles. The van der Waals surface area contributed by atoms with Crippen LogP contribution in [0.3, 0.4) is 0 Å². The number of nitrogen functional groups attached to an aromatic ring is 1. The molecule has 1 atom stereocenters. The predicted molar refractivity (Wildman–Crippen MR) is 136 cm³/mol. The topological polar surface area (TPSA) is 101 Å². The molecule has 1 heterocycles. The van der Waals surface area contributed by atoms with Crippen molar-refractivity contribution in [2.75, 3.05) is 17.7 Å². The molecule has 0 unspecified atom stereocenters. The lowest BCUT2D eigenvalue weighted by Crippen LogP contribution is -2.40. The van der Waals surface area contributed by atoms with Crippen molar-refractivity contribution in [1.82, 2.24) is 9.55 Å². The summed E-state index contributed by atoms with van der Waals surface area (Å²) in [5, 5.41) is -0.623. The van der Waals surface area contributed by atoms with Crippen molar-refractivity contribution in [1.29, 1.82) is 0 Å². The summed E-state index contributed by atoms with van der Waals surface area (Å²) in [6, 6.07) is 28.2. The number of aromatic amines is 1. The van der Waals surface area contributed by atoms with Crippen LogP contribution in [0.1, 0.15) is 16.4 Å². The Kier molecular flexibility index (Phi) is 6.98. The number of likely N-dealkylation sites (N-methyl/N-ethyl adjacent to an activating group) is 1. The van der Waals surface area contributed by atoms with Crippen LogP contribution in [0.2, 0.25) is 0 Å². The number of hydrogen-bond donors (Lipinski definition) is 2. The fraction of sp³-hybridized carbons (Fsp3) is 0.115. The number of H-pyrrole nitrogens is 1. The number of thioether (sulfide) groups is 1. The summed E-state index contributed by atoms with van der Waals surface area (Å²) >= 11 is 1.38. The van der Waals surface area contributed by atoms with Crippen molar-refractivity contribution < 1.29 is 4.79 Å². The third-order valence-electron chi connectivity index (χ3n) is 5.39. The van der Waals surface area contributed by atoms with Gasteiger partial charge in [0.15, 0.2) is 5.69 Å². The van der Waals surface area contributed by atoms with Crippen LogP contribution in [0.15, 0.2) is 105 Å². The Hall–Kier alpha value is -4.04. The molecular weight excluding hydrogens is 448 g/mol. The lowest BCUT2D eigenvalue weighted by atomic mass is 10.1. The zero-order chi connectivity index (χ0) is 24.1. The van der Waals surface area contributed by atoms with Crippen molar-refractivity contribution in [3.8, 4) is 0 Å². The van der Waals surface area contributed by atoms with E-state index in [4.69, 9.17) is 5.73 Å². The van der Waals surface area contributed by atoms with E-state index in [0.717, 1.165) is 16.0 Å². The van der Waals surface area contributed by atoms with Gasteiger partial charge < -0.3 is 10.6 Å². The number of rotatable bonds is 7. The molecule has 0 bridgehead atoms. The van der Waals surface area contributed by atoms with Gasteiger partial charge >= 0.3 is 5.69 Å². The Bertz CT molecular complexity index is 1390. The minimum Gasteiger partial charge on any atom is -0.383 e. The summed E-state index contributed by atoms with van der Waals surface area (Å²) in [6.45, 7) is 0.165. The number of nitrogens with zero attached hydrogens (tertiary/aromatic N) is 2. The third kappa shape index (κ3) is 4.97. The van der Waals surface area contributed by atoms with Crippen molar-refractivity contribution in [2.45, 2.75) is 16.7 Å². The van der Waals surface area contributed by atoms with Gasteiger partial charge in [-0.2, -0.15) is 0 Å². The normalized spacial score (nSPS) is 11.7. The number of carbonyl (C=O) groups is 1. The average molecular weight is 473 g/mol. The molecule has 3 aromatic carbocycles. The summed E-state index contributed by atoms with van der Waals surface area (Å²) in [6.07, 6.45) is 0. The Morgan fingerprint density at radius 2 is 1.50 bits per heavy atom. The number of anilines is 2. The summed E-state index contributed by atoms with van der Waals surface area (Å²) in [5.74, 6) is -0.396. The average Bonchev–Trinajstić information content (AvgIpc) is 2.86. The number of amides is 1. The van der Waals surface area contributed by atoms with Crippen LogP contribution < -0.4 is 21.9 Å². The Labute approximate surface area is 200 Å². The molecule has 0 saturated heterocycles. The van der Waals surface area contributed by atoms with Gasteiger partial charge in [-0.1, -0.05) is 78.9 Å². The van der Waals surface area contributed by atoms with Crippen LogP contribution in [-0.4, -0.2) is 22.5 Å². The highest BCUT2D eigenvalue weighted by atomic mass is 32.2. The molecule has 0 aliphatic heterocycles. The minimum absolute atomic E-state index is 0.0601. The molecule has 172 valence electrons. The number of nitrogens with one attached hydrogen (secondary N) is 1. The van der Waals surface area contributed by atoms with E-state index in [1.165, 1.54) is 28.3 Å². The quantitative estimate of drug-likeness (QED) is 0.400. The van der Waals surface area contributed by atoms with Gasteiger partial charge in [-0.3, -0.25) is 19.1 Å². The summed E-state index contributed by atoms with van der Waals surface area (Å²) < 4.78 is 1.26. The van der Waals surface area contributed by atoms with E-state index >= 15 is 0 Å². The Morgan fingerprint density at radius 3 is 2.12 bits per heavy atom. The van der Waals surface area contributed by atoms with Crippen molar-refractivity contribution >= 4 is 29.2 Å². The van der Waals surface area contributed by atoms with Crippen LogP contribution >= 0.6 is 11.8 Å². The largest absolute Gasteiger partial charge is 0.383 e. The van der Waals surface area contributed by atoms with Crippen molar-refractivity contribution in [2.24, 2.45) is 0 Å². The van der Waals surface area contributed by atoms with Crippen LogP contribution in [-0.2, 0) is 11.3 Å². The smallest absolute Gasteiger partial charge is 0.330 e. The maximum absolute atomic E-state index is 13.7.